The number of hydrogen-bond acceptors (Lipinski definition) is 2. The van der Waals surface area contributed by atoms with Crippen LogP contribution in [0.15, 0.2) is 53.9 Å². The minimum atomic E-state index is -4.73. The van der Waals surface area contributed by atoms with E-state index in [2.05, 4.69) is 0 Å². The first kappa shape index (κ1) is 17.4. The van der Waals surface area contributed by atoms with Crippen molar-refractivity contribution >= 4 is 33.4 Å². The molecule has 23 heavy (non-hydrogen) atoms. The molecular formula is C15H11ClF3NO2S. The van der Waals surface area contributed by atoms with Gasteiger partial charge in [-0.2, -0.15) is 13.2 Å². The van der Waals surface area contributed by atoms with Crippen molar-refractivity contribution in [1.29, 1.82) is 0 Å². The zero-order valence-electron chi connectivity index (χ0n) is 11.5. The molecule has 1 N–H and O–H groups in total. The molecule has 8 heteroatoms. The molecule has 0 saturated heterocycles. The maximum atomic E-state index is 12.9. The van der Waals surface area contributed by atoms with Crippen LogP contribution in [0.25, 0.3) is 6.08 Å². The van der Waals surface area contributed by atoms with Gasteiger partial charge in [-0.15, -0.1) is 0 Å². The van der Waals surface area contributed by atoms with Crippen LogP contribution < -0.4 is 4.72 Å². The smallest absolute Gasteiger partial charge is 0.280 e. The second-order valence-corrected chi connectivity index (χ2v) is 6.55. The van der Waals surface area contributed by atoms with E-state index in [4.69, 9.17) is 11.6 Å². The van der Waals surface area contributed by atoms with Crippen LogP contribution in [0.2, 0.25) is 5.02 Å². The van der Waals surface area contributed by atoms with Gasteiger partial charge in [0.1, 0.15) is 0 Å². The summed E-state index contributed by atoms with van der Waals surface area (Å²) in [4.78, 5) is 0. The summed E-state index contributed by atoms with van der Waals surface area (Å²) in [6.07, 6.45) is -3.45. The molecule has 0 aromatic heterocycles. The molecule has 0 atom stereocenters. The van der Waals surface area contributed by atoms with E-state index in [0.717, 1.165) is 11.5 Å². The van der Waals surface area contributed by atoms with E-state index in [-0.39, 0.29) is 5.02 Å². The maximum Gasteiger partial charge on any atom is 0.418 e. The van der Waals surface area contributed by atoms with Gasteiger partial charge in [-0.1, -0.05) is 41.9 Å². The van der Waals surface area contributed by atoms with Crippen LogP contribution in [0.5, 0.6) is 0 Å². The van der Waals surface area contributed by atoms with E-state index >= 15 is 0 Å². The highest BCUT2D eigenvalue weighted by atomic mass is 35.5. The normalized spacial score (nSPS) is 12.5. The number of sulfonamides is 1. The maximum absolute atomic E-state index is 12.9. The van der Waals surface area contributed by atoms with Crippen LogP contribution in [0.4, 0.5) is 18.9 Å². The van der Waals surface area contributed by atoms with Crippen molar-refractivity contribution in [3.8, 4) is 0 Å². The number of halogens is 4. The summed E-state index contributed by atoms with van der Waals surface area (Å²) in [6.45, 7) is 0. The molecule has 2 rings (SSSR count). The third-order valence-corrected chi connectivity index (χ3v) is 4.01. The minimum Gasteiger partial charge on any atom is -0.280 e. The minimum absolute atomic E-state index is 0.139. The van der Waals surface area contributed by atoms with Crippen molar-refractivity contribution in [2.24, 2.45) is 0 Å². The molecule has 2 aromatic rings. The van der Waals surface area contributed by atoms with Gasteiger partial charge < -0.3 is 0 Å². The Morgan fingerprint density at radius 3 is 2.30 bits per heavy atom. The van der Waals surface area contributed by atoms with Gasteiger partial charge in [-0.05, 0) is 29.8 Å². The predicted octanol–water partition coefficient (Wildman–Crippen LogP) is 4.77. The summed E-state index contributed by atoms with van der Waals surface area (Å²) in [5, 5.41) is 0.664. The van der Waals surface area contributed by atoms with Gasteiger partial charge in [-0.25, -0.2) is 8.42 Å². The van der Waals surface area contributed by atoms with Crippen LogP contribution in [-0.2, 0) is 16.2 Å². The molecule has 0 saturated carbocycles. The summed E-state index contributed by atoms with van der Waals surface area (Å²) in [6, 6.07) is 11.3. The lowest BCUT2D eigenvalue weighted by atomic mass is 10.2. The number of benzene rings is 2. The fourth-order valence-corrected chi connectivity index (χ4v) is 2.82. The van der Waals surface area contributed by atoms with E-state index in [1.165, 1.54) is 12.1 Å². The summed E-state index contributed by atoms with van der Waals surface area (Å²) < 4.78 is 64.6. The standard InChI is InChI=1S/C15H11ClF3NO2S/c16-12-6-7-14(13(10-12)15(17,18)19)20-23(21,22)9-8-11-4-2-1-3-5-11/h1-10,20H. The molecule has 0 bridgehead atoms. The number of hydrogen-bond donors (Lipinski definition) is 1. The van der Waals surface area contributed by atoms with Gasteiger partial charge in [0.05, 0.1) is 16.7 Å². The monoisotopic (exact) mass is 361 g/mol. The Morgan fingerprint density at radius 2 is 1.70 bits per heavy atom. The number of rotatable bonds is 4. The Bertz CT molecular complexity index is 818. The molecule has 3 nitrogen and oxygen atoms in total. The Labute approximate surface area is 136 Å². The number of alkyl halides is 3. The van der Waals surface area contributed by atoms with Gasteiger partial charge in [0, 0.05) is 5.02 Å². The first-order chi connectivity index (χ1) is 10.7. The molecular weight excluding hydrogens is 351 g/mol. The molecule has 0 aliphatic heterocycles. The first-order valence-electron chi connectivity index (χ1n) is 6.30. The van der Waals surface area contributed by atoms with Crippen LogP contribution in [-0.4, -0.2) is 8.42 Å². The zero-order chi connectivity index (χ0) is 17.1. The van der Waals surface area contributed by atoms with Gasteiger partial charge in [0.25, 0.3) is 10.0 Å². The first-order valence-corrected chi connectivity index (χ1v) is 8.22. The molecule has 122 valence electrons. The Balaban J connectivity index is 2.29. The lowest BCUT2D eigenvalue weighted by Gasteiger charge is -2.14. The topological polar surface area (TPSA) is 46.2 Å². The third kappa shape index (κ3) is 5.01. The van der Waals surface area contributed by atoms with Crippen molar-refractivity contribution in [1.82, 2.24) is 0 Å². The fraction of sp³-hybridized carbons (Fsp3) is 0.0667. The van der Waals surface area contributed by atoms with E-state index in [0.29, 0.717) is 11.6 Å². The second-order valence-electron chi connectivity index (χ2n) is 4.55. The summed E-state index contributed by atoms with van der Waals surface area (Å²) in [7, 11) is -4.10. The summed E-state index contributed by atoms with van der Waals surface area (Å²) >= 11 is 5.54. The lowest BCUT2D eigenvalue weighted by Crippen LogP contribution is -2.15. The SMILES string of the molecule is O=S(=O)(C=Cc1ccccc1)Nc1ccc(Cl)cc1C(F)(F)F. The largest absolute Gasteiger partial charge is 0.418 e. The fourth-order valence-electron chi connectivity index (χ4n) is 1.76. The van der Waals surface area contributed by atoms with Crippen molar-refractivity contribution in [3.05, 3.63) is 70.1 Å². The van der Waals surface area contributed by atoms with Gasteiger partial charge in [0.15, 0.2) is 0 Å². The summed E-state index contributed by atoms with van der Waals surface area (Å²) in [5.41, 5.74) is -1.13. The highest BCUT2D eigenvalue weighted by Gasteiger charge is 2.34. The summed E-state index contributed by atoms with van der Waals surface area (Å²) in [5.74, 6) is 0. The molecule has 0 spiro atoms. The van der Waals surface area contributed by atoms with E-state index in [1.54, 1.807) is 30.3 Å². The van der Waals surface area contributed by atoms with Gasteiger partial charge >= 0.3 is 6.18 Å². The molecule has 0 fully saturated rings. The molecule has 0 heterocycles. The van der Waals surface area contributed by atoms with E-state index in [1.807, 2.05) is 4.72 Å². The number of nitrogens with one attached hydrogen (secondary N) is 1. The van der Waals surface area contributed by atoms with Gasteiger partial charge in [0.2, 0.25) is 0 Å². The molecule has 0 amide bonds. The lowest BCUT2D eigenvalue weighted by molar-refractivity contribution is -0.136. The Morgan fingerprint density at radius 1 is 1.04 bits per heavy atom. The molecule has 2 aromatic carbocycles. The predicted molar refractivity (Wildman–Crippen MR) is 84.5 cm³/mol. The third-order valence-electron chi connectivity index (χ3n) is 2.78. The van der Waals surface area contributed by atoms with Crippen LogP contribution >= 0.6 is 11.6 Å². The average molecular weight is 362 g/mol. The van der Waals surface area contributed by atoms with Crippen molar-refractivity contribution in [2.45, 2.75) is 6.18 Å². The highest BCUT2D eigenvalue weighted by Crippen LogP contribution is 2.36. The van der Waals surface area contributed by atoms with Crippen molar-refractivity contribution in [2.75, 3.05) is 4.72 Å². The molecule has 0 radical (unpaired) electrons. The Hall–Kier alpha value is -1.99. The Kier molecular flexibility index (Phi) is 5.01. The van der Waals surface area contributed by atoms with Gasteiger partial charge in [-0.3, -0.25) is 4.72 Å². The zero-order valence-corrected chi connectivity index (χ0v) is 13.1. The average Bonchev–Trinajstić information content (AvgIpc) is 2.47. The van der Waals surface area contributed by atoms with E-state index in [9.17, 15) is 21.6 Å². The van der Waals surface area contributed by atoms with Crippen molar-refractivity contribution in [3.63, 3.8) is 0 Å². The van der Waals surface area contributed by atoms with Crippen molar-refractivity contribution < 1.29 is 21.6 Å². The molecule has 0 unspecified atom stereocenters. The van der Waals surface area contributed by atoms with Crippen LogP contribution in [0, 0.1) is 0 Å². The van der Waals surface area contributed by atoms with E-state index < -0.39 is 27.5 Å². The quantitative estimate of drug-likeness (QED) is 0.852. The molecule has 0 aliphatic rings. The highest BCUT2D eigenvalue weighted by molar-refractivity contribution is 7.95. The second kappa shape index (κ2) is 6.64. The van der Waals surface area contributed by atoms with Crippen LogP contribution in [0.1, 0.15) is 11.1 Å². The number of anilines is 1. The van der Waals surface area contributed by atoms with Crippen LogP contribution in [0.3, 0.4) is 0 Å². The molecule has 0 aliphatic carbocycles.